The summed E-state index contributed by atoms with van der Waals surface area (Å²) >= 11 is 12.4. The predicted molar refractivity (Wildman–Crippen MR) is 126 cm³/mol. The van der Waals surface area contributed by atoms with Crippen LogP contribution in [0.15, 0.2) is 48.9 Å². The van der Waals surface area contributed by atoms with Gasteiger partial charge in [0, 0.05) is 43.7 Å². The van der Waals surface area contributed by atoms with Crippen LogP contribution >= 0.6 is 23.2 Å². The number of ether oxygens (including phenoxy) is 2. The first-order chi connectivity index (χ1) is 16.5. The minimum absolute atomic E-state index is 0.0513. The second kappa shape index (κ2) is 10.7. The van der Waals surface area contributed by atoms with Gasteiger partial charge in [-0.05, 0) is 36.1 Å². The number of amides is 1. The van der Waals surface area contributed by atoms with E-state index >= 15 is 0 Å². The second-order valence-electron chi connectivity index (χ2n) is 7.84. The van der Waals surface area contributed by atoms with Crippen LogP contribution in [0.3, 0.4) is 0 Å². The third-order valence-corrected chi connectivity index (χ3v) is 6.50. The van der Waals surface area contributed by atoms with Gasteiger partial charge >= 0.3 is 6.01 Å². The summed E-state index contributed by atoms with van der Waals surface area (Å²) in [6.07, 6.45) is 5.10. The van der Waals surface area contributed by atoms with Crippen LogP contribution in [0.1, 0.15) is 33.8 Å². The van der Waals surface area contributed by atoms with E-state index in [-0.39, 0.29) is 23.8 Å². The van der Waals surface area contributed by atoms with Crippen molar-refractivity contribution in [2.45, 2.75) is 12.3 Å². The summed E-state index contributed by atoms with van der Waals surface area (Å²) < 4.78 is 10.8. The predicted octanol–water partition coefficient (Wildman–Crippen LogP) is 4.38. The minimum Gasteiger partial charge on any atom is -0.478 e. The van der Waals surface area contributed by atoms with Gasteiger partial charge in [-0.1, -0.05) is 29.3 Å². The fourth-order valence-corrected chi connectivity index (χ4v) is 4.32. The average molecular weight is 498 g/mol. The first-order valence-corrected chi connectivity index (χ1v) is 11.3. The molecule has 1 fully saturated rings. The Kier molecular flexibility index (Phi) is 7.46. The number of pyridine rings is 1. The number of hydrogen-bond donors (Lipinski definition) is 0. The SMILES string of the molecule is COc1ncc(C(=O)N2CC(CCOc3ccc(C#N)cn3)C(c3ccc(Cl)c(Cl)c3)C2)cn1. The van der Waals surface area contributed by atoms with E-state index in [0.717, 1.165) is 5.56 Å². The lowest BCUT2D eigenvalue weighted by Crippen LogP contribution is -2.29. The number of likely N-dealkylation sites (tertiary alicyclic amines) is 1. The van der Waals surface area contributed by atoms with Crippen LogP contribution in [0.5, 0.6) is 11.9 Å². The Balaban J connectivity index is 1.49. The van der Waals surface area contributed by atoms with Crippen LogP contribution in [-0.2, 0) is 0 Å². The van der Waals surface area contributed by atoms with Crippen molar-refractivity contribution in [2.24, 2.45) is 5.92 Å². The lowest BCUT2D eigenvalue weighted by atomic mass is 9.87. The number of nitrogens with zero attached hydrogens (tertiary/aromatic N) is 5. The molecule has 2 unspecified atom stereocenters. The molecule has 0 bridgehead atoms. The Morgan fingerprint density at radius 3 is 2.56 bits per heavy atom. The van der Waals surface area contributed by atoms with Gasteiger partial charge in [0.15, 0.2) is 0 Å². The highest BCUT2D eigenvalue weighted by atomic mass is 35.5. The normalized spacial score (nSPS) is 17.3. The summed E-state index contributed by atoms with van der Waals surface area (Å²) in [5.41, 5.74) is 1.88. The Morgan fingerprint density at radius 1 is 1.12 bits per heavy atom. The molecule has 0 saturated carbocycles. The summed E-state index contributed by atoms with van der Waals surface area (Å²) in [6.45, 7) is 1.47. The molecule has 34 heavy (non-hydrogen) atoms. The third kappa shape index (κ3) is 5.38. The molecule has 2 atom stereocenters. The summed E-state index contributed by atoms with van der Waals surface area (Å²) in [5.74, 6) is 0.477. The van der Waals surface area contributed by atoms with E-state index < -0.39 is 0 Å². The molecule has 3 heterocycles. The highest BCUT2D eigenvalue weighted by molar-refractivity contribution is 6.42. The molecule has 1 aliphatic rings. The number of methoxy groups -OCH3 is 1. The number of halogens is 2. The Hall–Kier alpha value is -3.41. The molecule has 2 aromatic heterocycles. The van der Waals surface area contributed by atoms with E-state index in [1.165, 1.54) is 25.7 Å². The van der Waals surface area contributed by atoms with Gasteiger partial charge in [-0.15, -0.1) is 0 Å². The monoisotopic (exact) mass is 497 g/mol. The van der Waals surface area contributed by atoms with Gasteiger partial charge in [-0.3, -0.25) is 4.79 Å². The van der Waals surface area contributed by atoms with Crippen LogP contribution in [0.2, 0.25) is 10.0 Å². The van der Waals surface area contributed by atoms with Gasteiger partial charge < -0.3 is 14.4 Å². The standard InChI is InChI=1S/C24H21Cl2N5O3/c1-33-24-29-11-18(12-30-24)23(32)31-13-17(6-7-34-22-5-2-15(9-27)10-28-22)19(14-31)16-3-4-20(25)21(26)8-16/h2-5,8,10-12,17,19H,6-7,13-14H2,1H3. The molecule has 174 valence electrons. The maximum atomic E-state index is 13.1. The molecule has 0 spiro atoms. The van der Waals surface area contributed by atoms with E-state index in [0.29, 0.717) is 53.2 Å². The quantitative estimate of drug-likeness (QED) is 0.477. The molecule has 0 aliphatic carbocycles. The lowest BCUT2D eigenvalue weighted by molar-refractivity contribution is 0.0783. The smallest absolute Gasteiger partial charge is 0.316 e. The maximum absolute atomic E-state index is 13.1. The van der Waals surface area contributed by atoms with E-state index in [9.17, 15) is 4.79 Å². The highest BCUT2D eigenvalue weighted by Crippen LogP contribution is 2.37. The van der Waals surface area contributed by atoms with Crippen LogP contribution in [0.4, 0.5) is 0 Å². The maximum Gasteiger partial charge on any atom is 0.316 e. The topological polar surface area (TPSA) is 101 Å². The van der Waals surface area contributed by atoms with Crippen molar-refractivity contribution in [3.05, 3.63) is 75.7 Å². The molecule has 1 aromatic carbocycles. The molecule has 4 rings (SSSR count). The zero-order valence-corrected chi connectivity index (χ0v) is 19.8. The second-order valence-corrected chi connectivity index (χ2v) is 8.66. The Labute approximate surface area is 207 Å². The molecule has 10 heteroatoms. The van der Waals surface area contributed by atoms with E-state index in [2.05, 4.69) is 15.0 Å². The number of benzene rings is 1. The zero-order chi connectivity index (χ0) is 24.1. The molecular weight excluding hydrogens is 477 g/mol. The molecule has 1 amide bonds. The summed E-state index contributed by atoms with van der Waals surface area (Å²) in [6, 6.07) is 11.1. The van der Waals surface area contributed by atoms with E-state index in [1.54, 1.807) is 23.1 Å². The van der Waals surface area contributed by atoms with Gasteiger partial charge in [0.05, 0.1) is 34.9 Å². The molecule has 0 N–H and O–H groups in total. The fraction of sp³-hybridized carbons (Fsp3) is 0.292. The third-order valence-electron chi connectivity index (χ3n) is 5.76. The summed E-state index contributed by atoms with van der Waals surface area (Å²) in [4.78, 5) is 27.2. The van der Waals surface area contributed by atoms with Gasteiger partial charge in [0.25, 0.3) is 5.91 Å². The van der Waals surface area contributed by atoms with Crippen molar-refractivity contribution in [1.82, 2.24) is 19.9 Å². The molecular formula is C24H21Cl2N5O3. The van der Waals surface area contributed by atoms with Crippen LogP contribution < -0.4 is 9.47 Å². The molecule has 1 aliphatic heterocycles. The van der Waals surface area contributed by atoms with Crippen LogP contribution in [0.25, 0.3) is 0 Å². The van der Waals surface area contributed by atoms with Crippen molar-refractivity contribution >= 4 is 29.1 Å². The van der Waals surface area contributed by atoms with E-state index in [1.807, 2.05) is 18.2 Å². The number of carbonyl (C=O) groups excluding carboxylic acids is 1. The van der Waals surface area contributed by atoms with Gasteiger partial charge in [-0.25, -0.2) is 15.0 Å². The Morgan fingerprint density at radius 2 is 1.91 bits per heavy atom. The largest absolute Gasteiger partial charge is 0.478 e. The van der Waals surface area contributed by atoms with Crippen molar-refractivity contribution < 1.29 is 14.3 Å². The minimum atomic E-state index is -0.148. The molecule has 0 radical (unpaired) electrons. The fourth-order valence-electron chi connectivity index (χ4n) is 4.01. The van der Waals surface area contributed by atoms with Gasteiger partial charge in [-0.2, -0.15) is 5.26 Å². The van der Waals surface area contributed by atoms with Crippen molar-refractivity contribution in [1.29, 1.82) is 5.26 Å². The van der Waals surface area contributed by atoms with Crippen LogP contribution in [-0.4, -0.2) is 52.6 Å². The number of hydrogen-bond acceptors (Lipinski definition) is 7. The van der Waals surface area contributed by atoms with Crippen molar-refractivity contribution in [2.75, 3.05) is 26.8 Å². The zero-order valence-electron chi connectivity index (χ0n) is 18.3. The van der Waals surface area contributed by atoms with Crippen LogP contribution in [0, 0.1) is 17.2 Å². The summed E-state index contributed by atoms with van der Waals surface area (Å²) in [7, 11) is 1.47. The first kappa shape index (κ1) is 23.7. The lowest BCUT2D eigenvalue weighted by Gasteiger charge is -2.19. The number of rotatable bonds is 7. The Bertz CT molecular complexity index is 1200. The van der Waals surface area contributed by atoms with Crippen molar-refractivity contribution in [3.8, 4) is 18.0 Å². The average Bonchev–Trinajstić information content (AvgIpc) is 3.30. The first-order valence-electron chi connectivity index (χ1n) is 10.6. The molecule has 1 saturated heterocycles. The molecule has 8 nitrogen and oxygen atoms in total. The highest BCUT2D eigenvalue weighted by Gasteiger charge is 2.36. The number of carbonyl (C=O) groups is 1. The number of nitriles is 1. The summed E-state index contributed by atoms with van der Waals surface area (Å²) in [5, 5.41) is 9.87. The van der Waals surface area contributed by atoms with Crippen molar-refractivity contribution in [3.63, 3.8) is 0 Å². The van der Waals surface area contributed by atoms with Gasteiger partial charge in [0.1, 0.15) is 6.07 Å². The molecule has 3 aromatic rings. The van der Waals surface area contributed by atoms with E-state index in [4.69, 9.17) is 37.9 Å². The van der Waals surface area contributed by atoms with Gasteiger partial charge in [0.2, 0.25) is 5.88 Å². The number of aromatic nitrogens is 3.